The van der Waals surface area contributed by atoms with Crippen LogP contribution in [0.2, 0.25) is 0 Å². The largest absolute Gasteiger partial charge is 0.493 e. The fraction of sp³-hybridized carbons (Fsp3) is 0.667. The van der Waals surface area contributed by atoms with Crippen LogP contribution in [0.4, 0.5) is 0 Å². The van der Waals surface area contributed by atoms with Crippen LogP contribution in [-0.4, -0.2) is 48.5 Å². The second-order valence-corrected chi connectivity index (χ2v) is 4.37. The molecule has 6 heteroatoms. The first-order valence-corrected chi connectivity index (χ1v) is 6.14. The van der Waals surface area contributed by atoms with Gasteiger partial charge in [-0.1, -0.05) is 0 Å². The van der Waals surface area contributed by atoms with Crippen molar-refractivity contribution in [3.63, 3.8) is 0 Å². The van der Waals surface area contributed by atoms with Crippen LogP contribution in [0.3, 0.4) is 0 Å². The number of carbonyl (C=O) groups excluding carboxylic acids is 1. The maximum Gasteiger partial charge on any atom is 0.210 e. The monoisotopic (exact) mass is 253 g/mol. The van der Waals surface area contributed by atoms with Crippen LogP contribution in [0.25, 0.3) is 0 Å². The molecule has 0 bridgehead atoms. The van der Waals surface area contributed by atoms with Gasteiger partial charge in [-0.05, 0) is 25.9 Å². The topological polar surface area (TPSA) is 65.4 Å². The lowest BCUT2D eigenvalue weighted by Crippen LogP contribution is -2.33. The molecule has 2 rings (SSSR count). The van der Waals surface area contributed by atoms with Gasteiger partial charge >= 0.3 is 0 Å². The Morgan fingerprint density at radius 3 is 2.94 bits per heavy atom. The highest BCUT2D eigenvalue weighted by molar-refractivity contribution is 5.97. The predicted molar refractivity (Wildman–Crippen MR) is 65.9 cm³/mol. The Morgan fingerprint density at radius 2 is 2.28 bits per heavy atom. The first kappa shape index (κ1) is 13.0. The van der Waals surface area contributed by atoms with Gasteiger partial charge in [-0.2, -0.15) is 5.10 Å². The van der Waals surface area contributed by atoms with Crippen LogP contribution in [0.15, 0.2) is 6.20 Å². The summed E-state index contributed by atoms with van der Waals surface area (Å²) in [6, 6.07) is 0. The minimum atomic E-state index is -0.0922. The Kier molecular flexibility index (Phi) is 4.33. The summed E-state index contributed by atoms with van der Waals surface area (Å²) in [6.45, 7) is 1.99. The fourth-order valence-corrected chi connectivity index (χ4v) is 2.11. The molecule has 0 aliphatic carbocycles. The molecule has 0 amide bonds. The summed E-state index contributed by atoms with van der Waals surface area (Å²) in [5.41, 5.74) is 0.464. The van der Waals surface area contributed by atoms with Gasteiger partial charge in [-0.15, -0.1) is 0 Å². The number of ether oxygens (including phenoxy) is 2. The lowest BCUT2D eigenvalue weighted by molar-refractivity contribution is 0.0311. The highest BCUT2D eigenvalue weighted by Gasteiger charge is 2.20. The van der Waals surface area contributed by atoms with E-state index in [-0.39, 0.29) is 18.5 Å². The van der Waals surface area contributed by atoms with Crippen LogP contribution >= 0.6 is 0 Å². The Bertz CT molecular complexity index is 411. The van der Waals surface area contributed by atoms with E-state index in [9.17, 15) is 4.79 Å². The number of aromatic nitrogens is 2. The summed E-state index contributed by atoms with van der Waals surface area (Å²) in [7, 11) is 3.25. The van der Waals surface area contributed by atoms with E-state index < -0.39 is 0 Å². The quantitative estimate of drug-likeness (QED) is 0.768. The molecule has 0 atom stereocenters. The second kappa shape index (κ2) is 5.97. The predicted octanol–water partition coefficient (Wildman–Crippen LogP) is 0.380. The Labute approximate surface area is 106 Å². The number of hydrogen-bond donors (Lipinski definition) is 1. The number of rotatable bonds is 5. The highest BCUT2D eigenvalue weighted by atomic mass is 16.5. The van der Waals surface area contributed by atoms with Gasteiger partial charge in [0.05, 0.1) is 19.4 Å². The van der Waals surface area contributed by atoms with Gasteiger partial charge in [-0.25, -0.2) is 0 Å². The van der Waals surface area contributed by atoms with Crippen molar-refractivity contribution in [2.24, 2.45) is 7.05 Å². The molecule has 0 spiro atoms. The van der Waals surface area contributed by atoms with Crippen molar-refractivity contribution in [1.82, 2.24) is 15.1 Å². The summed E-state index contributed by atoms with van der Waals surface area (Å²) >= 11 is 0. The SMILES string of the molecule is COc1cnn(C)c1C(=O)COC1CCNCC1. The molecule has 2 heterocycles. The van der Waals surface area contributed by atoms with E-state index in [1.807, 2.05) is 0 Å². The molecule has 1 fully saturated rings. The number of nitrogens with zero attached hydrogens (tertiary/aromatic N) is 2. The first-order chi connectivity index (χ1) is 8.72. The van der Waals surface area contributed by atoms with Crippen molar-refractivity contribution >= 4 is 5.78 Å². The van der Waals surface area contributed by atoms with E-state index in [1.54, 1.807) is 7.05 Å². The number of methoxy groups -OCH3 is 1. The summed E-state index contributed by atoms with van der Waals surface area (Å²) in [4.78, 5) is 12.1. The molecule has 0 radical (unpaired) electrons. The lowest BCUT2D eigenvalue weighted by atomic mass is 10.1. The molecule has 1 saturated heterocycles. The average molecular weight is 253 g/mol. The third kappa shape index (κ3) is 2.88. The van der Waals surface area contributed by atoms with Gasteiger partial charge in [0.2, 0.25) is 5.78 Å². The molecule has 1 aliphatic heterocycles. The number of aryl methyl sites for hydroxylation is 1. The molecule has 0 aromatic carbocycles. The summed E-state index contributed by atoms with van der Waals surface area (Å²) in [5, 5.41) is 7.27. The fourth-order valence-electron chi connectivity index (χ4n) is 2.11. The van der Waals surface area contributed by atoms with Gasteiger partial charge in [0.1, 0.15) is 12.3 Å². The Morgan fingerprint density at radius 1 is 1.56 bits per heavy atom. The zero-order valence-electron chi connectivity index (χ0n) is 10.8. The van der Waals surface area contributed by atoms with Crippen molar-refractivity contribution in [1.29, 1.82) is 0 Å². The summed E-state index contributed by atoms with van der Waals surface area (Å²) in [6.07, 6.45) is 3.62. The third-order valence-corrected chi connectivity index (χ3v) is 3.13. The van der Waals surface area contributed by atoms with Crippen molar-refractivity contribution < 1.29 is 14.3 Å². The van der Waals surface area contributed by atoms with E-state index in [2.05, 4.69) is 10.4 Å². The number of hydrogen-bond acceptors (Lipinski definition) is 5. The van der Waals surface area contributed by atoms with E-state index in [4.69, 9.17) is 9.47 Å². The molecule has 1 aromatic heterocycles. The van der Waals surface area contributed by atoms with Gasteiger partial charge in [0.25, 0.3) is 0 Å². The standard InChI is InChI=1S/C12H19N3O3/c1-15-12(11(17-2)7-14-15)10(16)8-18-9-3-5-13-6-4-9/h7,9,13H,3-6,8H2,1-2H3. The molecule has 1 aliphatic rings. The molecule has 18 heavy (non-hydrogen) atoms. The zero-order chi connectivity index (χ0) is 13.0. The number of piperidine rings is 1. The first-order valence-electron chi connectivity index (χ1n) is 6.14. The summed E-state index contributed by atoms with van der Waals surface area (Å²) < 4.78 is 12.3. The van der Waals surface area contributed by atoms with Crippen LogP contribution in [0, 0.1) is 0 Å². The molecule has 6 nitrogen and oxygen atoms in total. The number of carbonyl (C=O) groups is 1. The molecule has 100 valence electrons. The van der Waals surface area contributed by atoms with E-state index in [0.29, 0.717) is 11.4 Å². The average Bonchev–Trinajstić information content (AvgIpc) is 2.78. The highest BCUT2D eigenvalue weighted by Crippen LogP contribution is 2.17. The van der Waals surface area contributed by atoms with Crippen LogP contribution < -0.4 is 10.1 Å². The van der Waals surface area contributed by atoms with Crippen molar-refractivity contribution in [3.8, 4) is 5.75 Å². The van der Waals surface area contributed by atoms with Crippen molar-refractivity contribution in [2.75, 3.05) is 26.8 Å². The number of ketones is 1. The normalized spacial score (nSPS) is 16.8. The van der Waals surface area contributed by atoms with Gasteiger partial charge in [-0.3, -0.25) is 9.48 Å². The molecule has 1 N–H and O–H groups in total. The molecular formula is C12H19N3O3. The number of nitrogens with one attached hydrogen (secondary N) is 1. The lowest BCUT2D eigenvalue weighted by Gasteiger charge is -2.22. The van der Waals surface area contributed by atoms with Crippen molar-refractivity contribution in [3.05, 3.63) is 11.9 Å². The van der Waals surface area contributed by atoms with Crippen LogP contribution in [0.5, 0.6) is 5.75 Å². The molecule has 0 saturated carbocycles. The number of Topliss-reactive ketones (excluding diaryl/α,β-unsaturated/α-hetero) is 1. The molecule has 1 aromatic rings. The maximum absolute atomic E-state index is 12.1. The molecular weight excluding hydrogens is 234 g/mol. The minimum Gasteiger partial charge on any atom is -0.493 e. The third-order valence-electron chi connectivity index (χ3n) is 3.13. The van der Waals surface area contributed by atoms with E-state index in [1.165, 1.54) is 18.0 Å². The van der Waals surface area contributed by atoms with Gasteiger partial charge < -0.3 is 14.8 Å². The van der Waals surface area contributed by atoms with E-state index >= 15 is 0 Å². The molecule has 0 unspecified atom stereocenters. The Hall–Kier alpha value is -1.40. The van der Waals surface area contributed by atoms with Crippen LogP contribution in [-0.2, 0) is 11.8 Å². The van der Waals surface area contributed by atoms with Gasteiger partial charge in [0, 0.05) is 7.05 Å². The Balaban J connectivity index is 1.92. The summed E-state index contributed by atoms with van der Waals surface area (Å²) in [5.74, 6) is 0.404. The smallest absolute Gasteiger partial charge is 0.210 e. The van der Waals surface area contributed by atoms with Crippen molar-refractivity contribution in [2.45, 2.75) is 18.9 Å². The van der Waals surface area contributed by atoms with E-state index in [0.717, 1.165) is 25.9 Å². The zero-order valence-corrected chi connectivity index (χ0v) is 10.8. The van der Waals surface area contributed by atoms with Crippen LogP contribution in [0.1, 0.15) is 23.3 Å². The second-order valence-electron chi connectivity index (χ2n) is 4.37. The maximum atomic E-state index is 12.1. The van der Waals surface area contributed by atoms with Gasteiger partial charge in [0.15, 0.2) is 5.75 Å². The minimum absolute atomic E-state index is 0.0839.